The zero-order chi connectivity index (χ0) is 25.8. The lowest BCUT2D eigenvalue weighted by molar-refractivity contribution is -0.272. The fourth-order valence-electron chi connectivity index (χ4n) is 4.38. The van der Waals surface area contributed by atoms with Crippen LogP contribution < -0.4 is 10.1 Å². The van der Waals surface area contributed by atoms with Gasteiger partial charge in [0.1, 0.15) is 17.5 Å². The molecule has 190 valence electrons. The monoisotopic (exact) mass is 519 g/mol. The average Bonchev–Trinajstić information content (AvgIpc) is 3.34. The normalized spacial score (nSPS) is 27.9. The Morgan fingerprint density at radius 3 is 2.57 bits per heavy atom. The van der Waals surface area contributed by atoms with Gasteiger partial charge in [-0.2, -0.15) is 13.2 Å². The van der Waals surface area contributed by atoms with E-state index in [0.717, 1.165) is 11.8 Å². The molecular weight excluding hydrogens is 497 g/mol. The summed E-state index contributed by atoms with van der Waals surface area (Å²) in [4.78, 5) is 30.3. The molecule has 0 aromatic carbocycles. The summed E-state index contributed by atoms with van der Waals surface area (Å²) >= 11 is 1.22. The van der Waals surface area contributed by atoms with Crippen LogP contribution in [0.5, 0.6) is 5.75 Å². The Kier molecular flexibility index (Phi) is 6.29. The predicted octanol–water partition coefficient (Wildman–Crippen LogP) is 4.32. The number of alkyl halides is 5. The van der Waals surface area contributed by atoms with E-state index >= 15 is 0 Å². The molecule has 2 amide bonds. The summed E-state index contributed by atoms with van der Waals surface area (Å²) in [5, 5.41) is 5.73. The second-order valence-electron chi connectivity index (χ2n) is 8.79. The van der Waals surface area contributed by atoms with Gasteiger partial charge < -0.3 is 19.7 Å². The number of halogens is 5. The number of thiophene rings is 1. The minimum absolute atomic E-state index is 0.0635. The number of pyridine rings is 1. The number of likely N-dealkylation sites (tertiary alicyclic amines) is 1. The van der Waals surface area contributed by atoms with Crippen LogP contribution in [0.15, 0.2) is 29.1 Å². The van der Waals surface area contributed by atoms with Gasteiger partial charge >= 0.3 is 6.18 Å². The van der Waals surface area contributed by atoms with Crippen LogP contribution in [0.2, 0.25) is 0 Å². The highest BCUT2D eigenvalue weighted by Crippen LogP contribution is 2.55. The zero-order valence-electron chi connectivity index (χ0n) is 18.9. The molecule has 1 N–H and O–H groups in total. The quantitative estimate of drug-likeness (QED) is 0.596. The van der Waals surface area contributed by atoms with Crippen LogP contribution in [-0.2, 0) is 9.53 Å². The molecule has 4 rings (SSSR count). The molecule has 4 atom stereocenters. The molecule has 0 aliphatic carbocycles. The van der Waals surface area contributed by atoms with E-state index < -0.39 is 60.5 Å². The van der Waals surface area contributed by atoms with E-state index in [0.29, 0.717) is 11.3 Å². The van der Waals surface area contributed by atoms with Crippen molar-refractivity contribution < 1.29 is 41.0 Å². The molecule has 0 bridgehead atoms. The van der Waals surface area contributed by atoms with Gasteiger partial charge in [-0.15, -0.1) is 11.3 Å². The predicted molar refractivity (Wildman–Crippen MR) is 116 cm³/mol. The Balaban J connectivity index is 1.59. The van der Waals surface area contributed by atoms with Crippen molar-refractivity contribution in [1.82, 2.24) is 9.88 Å². The highest BCUT2D eigenvalue weighted by atomic mass is 32.1. The van der Waals surface area contributed by atoms with Crippen molar-refractivity contribution >= 4 is 28.8 Å². The molecule has 0 unspecified atom stereocenters. The number of rotatable bonds is 5. The molecule has 2 saturated heterocycles. The van der Waals surface area contributed by atoms with Crippen LogP contribution in [0.4, 0.5) is 27.6 Å². The molecule has 0 saturated carbocycles. The van der Waals surface area contributed by atoms with Crippen LogP contribution in [-0.4, -0.2) is 65.7 Å². The number of hydrogen-bond acceptors (Lipinski definition) is 6. The number of methoxy groups -OCH3 is 1. The van der Waals surface area contributed by atoms with E-state index in [1.54, 1.807) is 10.8 Å². The van der Waals surface area contributed by atoms with Gasteiger partial charge in [0, 0.05) is 34.7 Å². The number of amides is 2. The fraction of sp³-hybridized carbons (Fsp3) is 0.500. The SMILES string of the molecule is COc1cscc1[C@H]1[C@H](C(=O)Nc2ccnc(C(=O)N3CC(F)(F)C3)c2)O[C@@](C)(C(F)(F)F)[C@H]1C. The molecule has 13 heteroatoms. The Bertz CT molecular complexity index is 1130. The van der Waals surface area contributed by atoms with Crippen LogP contribution in [0.3, 0.4) is 0 Å². The number of nitrogens with zero attached hydrogens (tertiary/aromatic N) is 2. The third-order valence-electron chi connectivity index (χ3n) is 6.54. The van der Waals surface area contributed by atoms with Gasteiger partial charge in [0.2, 0.25) is 0 Å². The molecule has 2 aromatic heterocycles. The van der Waals surface area contributed by atoms with E-state index in [2.05, 4.69) is 10.3 Å². The first-order chi connectivity index (χ1) is 16.3. The molecule has 2 aromatic rings. The Morgan fingerprint density at radius 2 is 1.97 bits per heavy atom. The second-order valence-corrected chi connectivity index (χ2v) is 9.53. The molecule has 4 heterocycles. The average molecular weight is 519 g/mol. The van der Waals surface area contributed by atoms with Crippen molar-refractivity contribution in [3.05, 3.63) is 40.3 Å². The summed E-state index contributed by atoms with van der Waals surface area (Å²) in [6.45, 7) is 0.799. The Labute approximate surface area is 201 Å². The number of carbonyl (C=O) groups excluding carboxylic acids is 2. The van der Waals surface area contributed by atoms with Crippen LogP contribution in [0, 0.1) is 5.92 Å². The van der Waals surface area contributed by atoms with Crippen molar-refractivity contribution in [3.63, 3.8) is 0 Å². The van der Waals surface area contributed by atoms with E-state index in [1.807, 2.05) is 0 Å². The number of hydrogen-bond donors (Lipinski definition) is 1. The third kappa shape index (κ3) is 4.46. The van der Waals surface area contributed by atoms with E-state index in [-0.39, 0.29) is 11.4 Å². The molecule has 35 heavy (non-hydrogen) atoms. The van der Waals surface area contributed by atoms with Gasteiger partial charge in [-0.3, -0.25) is 14.6 Å². The van der Waals surface area contributed by atoms with Crippen molar-refractivity contribution in [2.24, 2.45) is 5.92 Å². The molecule has 7 nitrogen and oxygen atoms in total. The van der Waals surface area contributed by atoms with Gasteiger partial charge in [0.05, 0.1) is 20.2 Å². The highest BCUT2D eigenvalue weighted by Gasteiger charge is 2.65. The number of carbonyl (C=O) groups is 2. The molecule has 0 spiro atoms. The van der Waals surface area contributed by atoms with Gasteiger partial charge in [0.15, 0.2) is 5.60 Å². The van der Waals surface area contributed by atoms with E-state index in [1.165, 1.54) is 43.7 Å². The molecule has 0 radical (unpaired) electrons. The zero-order valence-corrected chi connectivity index (χ0v) is 19.7. The summed E-state index contributed by atoms with van der Waals surface area (Å²) in [6, 6.07) is 2.51. The molecule has 2 aliphatic heterocycles. The Morgan fingerprint density at radius 1 is 1.29 bits per heavy atom. The lowest BCUT2D eigenvalue weighted by Gasteiger charge is -2.38. The highest BCUT2D eigenvalue weighted by molar-refractivity contribution is 7.08. The molecule has 2 fully saturated rings. The smallest absolute Gasteiger partial charge is 0.417 e. The van der Waals surface area contributed by atoms with Crippen molar-refractivity contribution in [1.29, 1.82) is 0 Å². The first kappa shape index (κ1) is 25.3. The first-order valence-corrected chi connectivity index (χ1v) is 11.5. The minimum atomic E-state index is -4.75. The van der Waals surface area contributed by atoms with E-state index in [9.17, 15) is 31.5 Å². The number of ether oxygens (including phenoxy) is 2. The Hall–Kier alpha value is -2.80. The van der Waals surface area contributed by atoms with Crippen LogP contribution in [0.25, 0.3) is 0 Å². The summed E-state index contributed by atoms with van der Waals surface area (Å²) in [7, 11) is 1.38. The molecule has 2 aliphatic rings. The second kappa shape index (κ2) is 8.70. The fourth-order valence-corrected chi connectivity index (χ4v) is 5.23. The maximum atomic E-state index is 14.0. The minimum Gasteiger partial charge on any atom is -0.496 e. The summed E-state index contributed by atoms with van der Waals surface area (Å²) in [5.74, 6) is -6.33. The largest absolute Gasteiger partial charge is 0.496 e. The van der Waals surface area contributed by atoms with Gasteiger partial charge in [0.25, 0.3) is 17.7 Å². The summed E-state index contributed by atoms with van der Waals surface area (Å²) in [5.41, 5.74) is -2.31. The van der Waals surface area contributed by atoms with Crippen LogP contribution in [0.1, 0.15) is 35.8 Å². The summed E-state index contributed by atoms with van der Waals surface area (Å²) < 4.78 is 78.8. The maximum absolute atomic E-state index is 14.0. The first-order valence-electron chi connectivity index (χ1n) is 10.6. The lowest BCUT2D eigenvalue weighted by Crippen LogP contribution is -2.58. The third-order valence-corrected chi connectivity index (χ3v) is 7.28. The number of anilines is 1. The number of nitrogens with one attached hydrogen (secondary N) is 1. The van der Waals surface area contributed by atoms with Crippen LogP contribution >= 0.6 is 11.3 Å². The topological polar surface area (TPSA) is 80.8 Å². The number of aromatic nitrogens is 1. The van der Waals surface area contributed by atoms with Crippen molar-refractivity contribution in [3.8, 4) is 5.75 Å². The van der Waals surface area contributed by atoms with E-state index in [4.69, 9.17) is 9.47 Å². The van der Waals surface area contributed by atoms with Gasteiger partial charge in [-0.1, -0.05) is 6.92 Å². The van der Waals surface area contributed by atoms with Crippen molar-refractivity contribution in [2.75, 3.05) is 25.5 Å². The standard InChI is InChI=1S/C22H22F5N3O4S/c1-11-16(13-7-35-8-15(13)33-3)17(34-20(11,2)22(25,26)27)18(31)29-12-4-5-28-14(6-12)19(32)30-9-21(23,24)10-30/h4-8,11,16-17H,9-10H2,1-3H3,(H,28,29,31)/t11-,16-,17+,20+/m0/s1. The van der Waals surface area contributed by atoms with Gasteiger partial charge in [-0.25, -0.2) is 8.78 Å². The van der Waals surface area contributed by atoms with Crippen molar-refractivity contribution in [2.45, 2.75) is 43.6 Å². The lowest BCUT2D eigenvalue weighted by atomic mass is 9.78. The maximum Gasteiger partial charge on any atom is 0.417 e. The van der Waals surface area contributed by atoms with Gasteiger partial charge in [-0.05, 0) is 24.4 Å². The molecular formula is C22H22F5N3O4S. The summed E-state index contributed by atoms with van der Waals surface area (Å²) in [6.07, 6.45) is -5.09.